The first-order valence-corrected chi connectivity index (χ1v) is 11.2. The molecule has 1 saturated heterocycles. The van der Waals surface area contributed by atoms with E-state index in [1.54, 1.807) is 19.2 Å². The van der Waals surface area contributed by atoms with E-state index < -0.39 is 0 Å². The third-order valence-corrected chi connectivity index (χ3v) is 6.15. The van der Waals surface area contributed by atoms with Crippen molar-refractivity contribution in [2.45, 2.75) is 19.9 Å². The van der Waals surface area contributed by atoms with Crippen LogP contribution in [-0.4, -0.2) is 52.3 Å². The largest absolute Gasteiger partial charge is 0.379 e. The molecule has 3 heterocycles. The van der Waals surface area contributed by atoms with Gasteiger partial charge < -0.3 is 9.30 Å². The number of aromatic nitrogens is 3. The molecule has 0 radical (unpaired) electrons. The lowest BCUT2D eigenvalue weighted by molar-refractivity contribution is 0.0369. The Balaban J connectivity index is 1.43. The molecule has 6 heteroatoms. The van der Waals surface area contributed by atoms with Crippen LogP contribution in [0.25, 0.3) is 33.4 Å². The summed E-state index contributed by atoms with van der Waals surface area (Å²) in [5.74, 6) is -0.200. The molecule has 164 valence electrons. The normalized spacial score (nSPS) is 14.8. The lowest BCUT2D eigenvalue weighted by atomic mass is 9.98. The minimum absolute atomic E-state index is 0.200. The van der Waals surface area contributed by atoms with Crippen LogP contribution in [0.1, 0.15) is 12.0 Å². The molecule has 0 spiro atoms. The van der Waals surface area contributed by atoms with Crippen LogP contribution < -0.4 is 0 Å². The van der Waals surface area contributed by atoms with Crippen LogP contribution in [0.15, 0.2) is 61.1 Å². The van der Waals surface area contributed by atoms with Crippen LogP contribution in [0.4, 0.5) is 4.39 Å². The molecule has 5 rings (SSSR count). The fourth-order valence-electron chi connectivity index (χ4n) is 4.35. The molecule has 2 aromatic carbocycles. The minimum Gasteiger partial charge on any atom is -0.379 e. The summed E-state index contributed by atoms with van der Waals surface area (Å²) < 4.78 is 21.5. The Labute approximate surface area is 187 Å². The molecule has 0 atom stereocenters. The first kappa shape index (κ1) is 20.8. The Morgan fingerprint density at radius 2 is 1.81 bits per heavy atom. The van der Waals surface area contributed by atoms with Crippen LogP contribution in [0.5, 0.6) is 0 Å². The fourth-order valence-corrected chi connectivity index (χ4v) is 4.35. The van der Waals surface area contributed by atoms with Gasteiger partial charge in [0.15, 0.2) is 0 Å². The summed E-state index contributed by atoms with van der Waals surface area (Å²) in [7, 11) is 0. The van der Waals surface area contributed by atoms with E-state index in [1.165, 1.54) is 6.07 Å². The number of halogens is 1. The van der Waals surface area contributed by atoms with Crippen LogP contribution >= 0.6 is 0 Å². The monoisotopic (exact) mass is 430 g/mol. The Kier molecular flexibility index (Phi) is 5.97. The lowest BCUT2D eigenvalue weighted by Crippen LogP contribution is -2.37. The molecular weight excluding hydrogens is 403 g/mol. The fraction of sp³-hybridized carbons (Fsp3) is 0.308. The van der Waals surface area contributed by atoms with Gasteiger partial charge in [-0.2, -0.15) is 0 Å². The van der Waals surface area contributed by atoms with Crippen molar-refractivity contribution >= 4 is 11.0 Å². The van der Waals surface area contributed by atoms with Crippen LogP contribution in [-0.2, 0) is 11.3 Å². The van der Waals surface area contributed by atoms with E-state index >= 15 is 0 Å². The number of fused-ring (bicyclic) bond motifs is 1. The van der Waals surface area contributed by atoms with E-state index in [9.17, 15) is 4.39 Å². The SMILES string of the molecule is Cc1cc(-c2ncccc2-c2ccc3ncn(CCCN4CCOCC4)c3c2)ccc1F. The number of aryl methyl sites for hydroxylation is 2. The highest BCUT2D eigenvalue weighted by Crippen LogP contribution is 2.32. The molecule has 0 saturated carbocycles. The second-order valence-corrected chi connectivity index (χ2v) is 8.31. The molecule has 4 aromatic rings. The topological polar surface area (TPSA) is 43.2 Å². The number of benzene rings is 2. The van der Waals surface area contributed by atoms with Gasteiger partial charge in [-0.25, -0.2) is 9.37 Å². The van der Waals surface area contributed by atoms with E-state index in [1.807, 2.05) is 18.5 Å². The Bertz CT molecular complexity index is 1230. The van der Waals surface area contributed by atoms with Crippen molar-refractivity contribution < 1.29 is 9.13 Å². The predicted octanol–water partition coefficient (Wildman–Crippen LogP) is 4.94. The number of hydrogen-bond acceptors (Lipinski definition) is 4. The first-order valence-electron chi connectivity index (χ1n) is 11.2. The number of morpholine rings is 1. The number of hydrogen-bond donors (Lipinski definition) is 0. The summed E-state index contributed by atoms with van der Waals surface area (Å²) in [6, 6.07) is 15.5. The molecular formula is C26H27FN4O. The number of ether oxygens (including phenoxy) is 1. The Hall–Kier alpha value is -3.09. The van der Waals surface area contributed by atoms with Gasteiger partial charge >= 0.3 is 0 Å². The zero-order valence-corrected chi connectivity index (χ0v) is 18.3. The number of nitrogens with zero attached hydrogens (tertiary/aromatic N) is 4. The second kappa shape index (κ2) is 9.18. The van der Waals surface area contributed by atoms with Crippen molar-refractivity contribution in [3.8, 4) is 22.4 Å². The lowest BCUT2D eigenvalue weighted by Gasteiger charge is -2.26. The van der Waals surface area contributed by atoms with E-state index in [4.69, 9.17) is 4.74 Å². The molecule has 2 aromatic heterocycles. The third kappa shape index (κ3) is 4.29. The molecule has 0 bridgehead atoms. The molecule has 1 fully saturated rings. The molecule has 1 aliphatic rings. The standard InChI is InChI=1S/C26H27FN4O/c1-19-16-21(5-7-23(19)27)26-22(4-2-9-28-26)20-6-8-24-25(17-20)31(18-29-24)11-3-10-30-12-14-32-15-13-30/h2,4-9,16-18H,3,10-15H2,1H3. The Morgan fingerprint density at radius 3 is 2.66 bits per heavy atom. The molecule has 5 nitrogen and oxygen atoms in total. The van der Waals surface area contributed by atoms with Crippen LogP contribution in [0.2, 0.25) is 0 Å². The molecule has 0 unspecified atom stereocenters. The summed E-state index contributed by atoms with van der Waals surface area (Å²) in [4.78, 5) is 11.7. The van der Waals surface area contributed by atoms with E-state index in [-0.39, 0.29) is 5.82 Å². The van der Waals surface area contributed by atoms with Gasteiger partial charge in [-0.05, 0) is 60.9 Å². The highest BCUT2D eigenvalue weighted by atomic mass is 19.1. The zero-order valence-electron chi connectivity index (χ0n) is 18.3. The van der Waals surface area contributed by atoms with E-state index in [2.05, 4.69) is 43.7 Å². The maximum Gasteiger partial charge on any atom is 0.126 e. The zero-order chi connectivity index (χ0) is 21.9. The smallest absolute Gasteiger partial charge is 0.126 e. The molecule has 32 heavy (non-hydrogen) atoms. The van der Waals surface area contributed by atoms with Gasteiger partial charge in [0.1, 0.15) is 5.82 Å². The van der Waals surface area contributed by atoms with Crippen molar-refractivity contribution in [2.24, 2.45) is 0 Å². The van der Waals surface area contributed by atoms with Crippen LogP contribution in [0.3, 0.4) is 0 Å². The van der Waals surface area contributed by atoms with E-state index in [0.29, 0.717) is 5.56 Å². The maximum absolute atomic E-state index is 13.8. The summed E-state index contributed by atoms with van der Waals surface area (Å²) >= 11 is 0. The minimum atomic E-state index is -0.200. The van der Waals surface area contributed by atoms with Crippen molar-refractivity contribution in [2.75, 3.05) is 32.8 Å². The number of pyridine rings is 1. The Morgan fingerprint density at radius 1 is 0.969 bits per heavy atom. The summed E-state index contributed by atoms with van der Waals surface area (Å²) in [6.07, 6.45) is 4.79. The van der Waals surface area contributed by atoms with Gasteiger partial charge in [-0.3, -0.25) is 9.88 Å². The molecule has 0 aliphatic carbocycles. The first-order chi connectivity index (χ1) is 15.7. The molecule has 0 N–H and O–H groups in total. The number of imidazole rings is 1. The predicted molar refractivity (Wildman–Crippen MR) is 125 cm³/mol. The van der Waals surface area contributed by atoms with Crippen LogP contribution in [0, 0.1) is 12.7 Å². The van der Waals surface area contributed by atoms with Crippen molar-refractivity contribution in [1.82, 2.24) is 19.4 Å². The van der Waals surface area contributed by atoms with Gasteiger partial charge in [-0.15, -0.1) is 0 Å². The third-order valence-electron chi connectivity index (χ3n) is 6.15. The molecule has 0 amide bonds. The van der Waals surface area contributed by atoms with Gasteiger partial charge in [0.25, 0.3) is 0 Å². The summed E-state index contributed by atoms with van der Waals surface area (Å²) in [6.45, 7) is 7.47. The highest BCUT2D eigenvalue weighted by molar-refractivity contribution is 5.87. The summed E-state index contributed by atoms with van der Waals surface area (Å²) in [5, 5.41) is 0. The average Bonchev–Trinajstić information content (AvgIpc) is 3.24. The van der Waals surface area contributed by atoms with Crippen molar-refractivity contribution in [3.63, 3.8) is 0 Å². The summed E-state index contributed by atoms with van der Waals surface area (Å²) in [5.41, 5.74) is 6.61. The van der Waals surface area contributed by atoms with E-state index in [0.717, 1.165) is 79.2 Å². The number of rotatable bonds is 6. The molecule has 1 aliphatic heterocycles. The maximum atomic E-state index is 13.8. The average molecular weight is 431 g/mol. The van der Waals surface area contributed by atoms with Crippen molar-refractivity contribution in [1.29, 1.82) is 0 Å². The quantitative estimate of drug-likeness (QED) is 0.435. The van der Waals surface area contributed by atoms with Gasteiger partial charge in [-0.1, -0.05) is 12.1 Å². The van der Waals surface area contributed by atoms with Gasteiger partial charge in [0, 0.05) is 43.5 Å². The van der Waals surface area contributed by atoms with Gasteiger partial charge in [0.2, 0.25) is 0 Å². The van der Waals surface area contributed by atoms with Gasteiger partial charge in [0.05, 0.1) is 36.3 Å². The highest BCUT2D eigenvalue weighted by Gasteiger charge is 2.13. The van der Waals surface area contributed by atoms with Crippen molar-refractivity contribution in [3.05, 3.63) is 72.4 Å². The second-order valence-electron chi connectivity index (χ2n) is 8.31.